The van der Waals surface area contributed by atoms with Crippen molar-refractivity contribution in [1.82, 2.24) is 14.8 Å². The van der Waals surface area contributed by atoms with Crippen molar-refractivity contribution in [2.45, 2.75) is 0 Å². The topological polar surface area (TPSA) is 99.5 Å². The number of ether oxygens (including phenoxy) is 3. The van der Waals surface area contributed by atoms with E-state index in [9.17, 15) is 9.18 Å². The highest BCUT2D eigenvalue weighted by Crippen LogP contribution is 2.37. The van der Waals surface area contributed by atoms with Crippen molar-refractivity contribution in [2.75, 3.05) is 24.9 Å². The van der Waals surface area contributed by atoms with Gasteiger partial charge in [-0.05, 0) is 48.5 Å². The van der Waals surface area contributed by atoms with Crippen molar-refractivity contribution in [3.05, 3.63) is 90.3 Å². The summed E-state index contributed by atoms with van der Waals surface area (Å²) in [4.78, 5) is 17.2. The van der Waals surface area contributed by atoms with Crippen molar-refractivity contribution in [1.29, 1.82) is 0 Å². The summed E-state index contributed by atoms with van der Waals surface area (Å²) >= 11 is 0. The molecule has 11 heteroatoms. The number of carbonyl (C=O) groups excluding carboxylic acids is 1. The molecule has 2 aromatic heterocycles. The molecule has 0 spiro atoms. The molecule has 0 aliphatic carbocycles. The SMILES string of the molecule is COc1cc2nccc(Oc3ccc(Nc4nn(C)cc4C(=O)Nc4ccc(F)cc4)cc3F)c2cc1OC. The Morgan fingerprint density at radius 3 is 2.31 bits per heavy atom. The minimum atomic E-state index is -0.640. The average molecular weight is 532 g/mol. The Morgan fingerprint density at radius 1 is 0.872 bits per heavy atom. The third kappa shape index (κ3) is 5.42. The number of pyridine rings is 1. The van der Waals surface area contributed by atoms with Crippen LogP contribution in [0.5, 0.6) is 23.0 Å². The molecule has 1 amide bonds. The number of halogens is 2. The third-order valence-corrected chi connectivity index (χ3v) is 5.80. The number of methoxy groups -OCH3 is 2. The monoisotopic (exact) mass is 531 g/mol. The molecule has 3 aromatic carbocycles. The van der Waals surface area contributed by atoms with E-state index in [2.05, 4.69) is 20.7 Å². The fourth-order valence-corrected chi connectivity index (χ4v) is 3.93. The van der Waals surface area contributed by atoms with Crippen molar-refractivity contribution in [3.63, 3.8) is 0 Å². The summed E-state index contributed by atoms with van der Waals surface area (Å²) in [6.45, 7) is 0. The van der Waals surface area contributed by atoms with Crippen LogP contribution >= 0.6 is 0 Å². The van der Waals surface area contributed by atoms with Crippen molar-refractivity contribution < 1.29 is 27.8 Å². The van der Waals surface area contributed by atoms with Crippen LogP contribution in [-0.2, 0) is 7.05 Å². The molecular formula is C28H23F2N5O4. The third-order valence-electron chi connectivity index (χ3n) is 5.80. The normalized spacial score (nSPS) is 10.8. The van der Waals surface area contributed by atoms with Crippen LogP contribution in [0.2, 0.25) is 0 Å². The largest absolute Gasteiger partial charge is 0.493 e. The van der Waals surface area contributed by atoms with Crippen LogP contribution < -0.4 is 24.8 Å². The van der Waals surface area contributed by atoms with E-state index >= 15 is 4.39 Å². The molecule has 2 heterocycles. The molecule has 9 nitrogen and oxygen atoms in total. The van der Waals surface area contributed by atoms with Gasteiger partial charge in [-0.25, -0.2) is 8.78 Å². The second kappa shape index (κ2) is 10.7. The molecule has 0 unspecified atom stereocenters. The zero-order valence-corrected chi connectivity index (χ0v) is 21.2. The number of anilines is 3. The lowest BCUT2D eigenvalue weighted by Gasteiger charge is -2.13. The predicted octanol–water partition coefficient (Wildman–Crippen LogP) is 6.05. The van der Waals surface area contributed by atoms with Crippen molar-refractivity contribution in [2.24, 2.45) is 7.05 Å². The summed E-state index contributed by atoms with van der Waals surface area (Å²) in [7, 11) is 4.70. The van der Waals surface area contributed by atoms with Crippen LogP contribution in [-0.4, -0.2) is 34.9 Å². The quantitative estimate of drug-likeness (QED) is 0.251. The lowest BCUT2D eigenvalue weighted by atomic mass is 10.1. The highest BCUT2D eigenvalue weighted by atomic mass is 19.1. The molecule has 0 radical (unpaired) electrons. The molecule has 39 heavy (non-hydrogen) atoms. The number of aryl methyl sites for hydroxylation is 1. The zero-order chi connectivity index (χ0) is 27.5. The summed E-state index contributed by atoms with van der Waals surface area (Å²) in [5.74, 6) is 0.0553. The van der Waals surface area contributed by atoms with Gasteiger partial charge in [0.2, 0.25) is 0 Å². The Labute approximate surface area is 222 Å². The molecule has 0 aliphatic rings. The van der Waals surface area contributed by atoms with E-state index in [1.807, 2.05) is 0 Å². The van der Waals surface area contributed by atoms with E-state index in [1.54, 1.807) is 37.5 Å². The minimum Gasteiger partial charge on any atom is -0.493 e. The second-order valence-corrected chi connectivity index (χ2v) is 8.43. The number of benzene rings is 3. The average Bonchev–Trinajstić information content (AvgIpc) is 3.30. The van der Waals surface area contributed by atoms with Crippen LogP contribution in [0.25, 0.3) is 10.9 Å². The number of amides is 1. The second-order valence-electron chi connectivity index (χ2n) is 8.43. The van der Waals surface area contributed by atoms with Gasteiger partial charge in [-0.1, -0.05) is 0 Å². The summed E-state index contributed by atoms with van der Waals surface area (Å²) in [6, 6.07) is 14.7. The molecule has 2 N–H and O–H groups in total. The Morgan fingerprint density at radius 2 is 1.59 bits per heavy atom. The van der Waals surface area contributed by atoms with Gasteiger partial charge in [0.25, 0.3) is 5.91 Å². The highest BCUT2D eigenvalue weighted by molar-refractivity contribution is 6.07. The summed E-state index contributed by atoms with van der Waals surface area (Å²) in [5.41, 5.74) is 1.57. The maximum Gasteiger partial charge on any atom is 0.261 e. The van der Waals surface area contributed by atoms with Gasteiger partial charge in [-0.2, -0.15) is 5.10 Å². The van der Waals surface area contributed by atoms with Gasteiger partial charge in [0, 0.05) is 48.3 Å². The zero-order valence-electron chi connectivity index (χ0n) is 21.2. The molecule has 0 fully saturated rings. The van der Waals surface area contributed by atoms with Gasteiger partial charge in [0.05, 0.1) is 19.7 Å². The van der Waals surface area contributed by atoms with Crippen molar-refractivity contribution >= 4 is 34.0 Å². The van der Waals surface area contributed by atoms with Crippen molar-refractivity contribution in [3.8, 4) is 23.0 Å². The first kappa shape index (κ1) is 25.5. The number of nitrogens with zero attached hydrogens (tertiary/aromatic N) is 3. The molecule has 0 saturated heterocycles. The van der Waals surface area contributed by atoms with Crippen LogP contribution in [0.1, 0.15) is 10.4 Å². The number of rotatable bonds is 8. The molecule has 0 atom stereocenters. The Kier molecular flexibility index (Phi) is 6.96. The Balaban J connectivity index is 1.37. The van der Waals surface area contributed by atoms with E-state index in [0.717, 1.165) is 0 Å². The fourth-order valence-electron chi connectivity index (χ4n) is 3.93. The van der Waals surface area contributed by atoms with Gasteiger partial charge in [0.1, 0.15) is 17.1 Å². The van der Waals surface area contributed by atoms with Gasteiger partial charge in [-0.15, -0.1) is 0 Å². The highest BCUT2D eigenvalue weighted by Gasteiger charge is 2.18. The molecule has 198 valence electrons. The van der Waals surface area contributed by atoms with E-state index in [1.165, 1.54) is 61.5 Å². The Hall–Kier alpha value is -5.19. The number of fused-ring (bicyclic) bond motifs is 1. The number of carbonyl (C=O) groups is 1. The van der Waals surface area contributed by atoms with E-state index in [0.29, 0.717) is 39.5 Å². The number of nitrogens with one attached hydrogen (secondary N) is 2. The first-order valence-electron chi connectivity index (χ1n) is 11.7. The summed E-state index contributed by atoms with van der Waals surface area (Å²) in [5, 5.41) is 10.5. The Bertz CT molecular complexity index is 1670. The van der Waals surface area contributed by atoms with E-state index < -0.39 is 17.5 Å². The maximum absolute atomic E-state index is 15.1. The number of hydrogen-bond acceptors (Lipinski definition) is 7. The fraction of sp³-hybridized carbons (Fsp3) is 0.107. The lowest BCUT2D eigenvalue weighted by molar-refractivity contribution is 0.102. The molecule has 5 rings (SSSR count). The summed E-state index contributed by atoms with van der Waals surface area (Å²) < 4.78 is 46.3. The number of hydrogen-bond donors (Lipinski definition) is 2. The predicted molar refractivity (Wildman–Crippen MR) is 142 cm³/mol. The first-order chi connectivity index (χ1) is 18.8. The molecule has 0 saturated carbocycles. The molecule has 0 bridgehead atoms. The molecule has 5 aromatic rings. The number of aromatic nitrogens is 3. The smallest absolute Gasteiger partial charge is 0.261 e. The van der Waals surface area contributed by atoms with Gasteiger partial charge in [-0.3, -0.25) is 14.5 Å². The minimum absolute atomic E-state index is 0.0156. The maximum atomic E-state index is 15.1. The van der Waals surface area contributed by atoms with Crippen LogP contribution in [0.3, 0.4) is 0 Å². The van der Waals surface area contributed by atoms with E-state index in [-0.39, 0.29) is 17.1 Å². The van der Waals surface area contributed by atoms with Crippen LogP contribution in [0, 0.1) is 11.6 Å². The molecular weight excluding hydrogens is 508 g/mol. The molecule has 0 aliphatic heterocycles. The van der Waals surface area contributed by atoms with Gasteiger partial charge < -0.3 is 24.8 Å². The summed E-state index contributed by atoms with van der Waals surface area (Å²) in [6.07, 6.45) is 3.07. The first-order valence-corrected chi connectivity index (χ1v) is 11.7. The standard InChI is InChI=1S/C28H23F2N5O4/c1-35-15-20(28(36)33-17-6-4-16(29)5-7-17)27(34-35)32-18-8-9-24(21(30)12-18)39-23-10-11-31-22-14-26(38-3)25(37-2)13-19(22)23/h4-15H,1-3H3,(H,32,34)(H,33,36). The van der Waals surface area contributed by atoms with Crippen LogP contribution in [0.4, 0.5) is 26.0 Å². The van der Waals surface area contributed by atoms with Crippen LogP contribution in [0.15, 0.2) is 73.1 Å². The van der Waals surface area contributed by atoms with E-state index in [4.69, 9.17) is 14.2 Å². The lowest BCUT2D eigenvalue weighted by Crippen LogP contribution is -2.13. The van der Waals surface area contributed by atoms with Gasteiger partial charge in [0.15, 0.2) is 28.9 Å². The van der Waals surface area contributed by atoms with Gasteiger partial charge >= 0.3 is 0 Å².